The van der Waals surface area contributed by atoms with Gasteiger partial charge in [0, 0.05) is 33.1 Å². The van der Waals surface area contributed by atoms with Crippen molar-refractivity contribution >= 4 is 12.0 Å². The van der Waals surface area contributed by atoms with Crippen molar-refractivity contribution in [2.75, 3.05) is 19.6 Å². The summed E-state index contributed by atoms with van der Waals surface area (Å²) in [7, 11) is 1.84. The minimum absolute atomic E-state index is 0.225. The van der Waals surface area contributed by atoms with Crippen LogP contribution in [0.5, 0.6) is 0 Å². The maximum absolute atomic E-state index is 11.9. The molecular weight excluding hydrogens is 262 g/mol. The molecule has 8 nitrogen and oxygen atoms in total. The van der Waals surface area contributed by atoms with Crippen LogP contribution in [0.25, 0.3) is 0 Å². The topological polar surface area (TPSA) is 100 Å². The van der Waals surface area contributed by atoms with Gasteiger partial charge < -0.3 is 19.9 Å². The number of aliphatic carboxylic acids is 1. The van der Waals surface area contributed by atoms with Gasteiger partial charge >= 0.3 is 12.0 Å². The Hall–Kier alpha value is -2.12. The summed E-state index contributed by atoms with van der Waals surface area (Å²) >= 11 is 0. The fraction of sp³-hybridized carbons (Fsp3) is 0.667. The monoisotopic (exact) mass is 281 g/mol. The van der Waals surface area contributed by atoms with Crippen LogP contribution < -0.4 is 5.32 Å². The lowest BCUT2D eigenvalue weighted by Gasteiger charge is -2.20. The Morgan fingerprint density at radius 1 is 1.55 bits per heavy atom. The quantitative estimate of drug-likeness (QED) is 0.800. The fourth-order valence-electron chi connectivity index (χ4n) is 2.24. The number of amides is 2. The first-order valence-corrected chi connectivity index (χ1v) is 6.51. The van der Waals surface area contributed by atoms with Crippen molar-refractivity contribution in [2.45, 2.75) is 19.8 Å². The van der Waals surface area contributed by atoms with Crippen molar-refractivity contribution in [3.05, 3.63) is 12.2 Å². The molecule has 2 amide bonds. The van der Waals surface area contributed by atoms with E-state index in [1.165, 1.54) is 0 Å². The van der Waals surface area contributed by atoms with Gasteiger partial charge in [-0.15, -0.1) is 10.2 Å². The molecule has 8 heteroatoms. The van der Waals surface area contributed by atoms with Gasteiger partial charge in [0.25, 0.3) is 0 Å². The number of urea groups is 1. The van der Waals surface area contributed by atoms with Gasteiger partial charge in [-0.05, 0) is 13.3 Å². The minimum Gasteiger partial charge on any atom is -0.481 e. The van der Waals surface area contributed by atoms with Gasteiger partial charge in [0.05, 0.1) is 5.41 Å². The molecule has 1 fully saturated rings. The molecule has 1 aliphatic heterocycles. The molecule has 0 aromatic carbocycles. The first kappa shape index (κ1) is 14.3. The second-order valence-electron chi connectivity index (χ2n) is 5.38. The van der Waals surface area contributed by atoms with Crippen LogP contribution in [0.4, 0.5) is 4.79 Å². The molecule has 0 radical (unpaired) electrons. The zero-order chi connectivity index (χ0) is 14.8. The lowest BCUT2D eigenvalue weighted by Crippen LogP contribution is -2.41. The van der Waals surface area contributed by atoms with Crippen LogP contribution in [0.2, 0.25) is 0 Å². The second-order valence-corrected chi connectivity index (χ2v) is 5.38. The van der Waals surface area contributed by atoms with E-state index in [1.54, 1.807) is 22.7 Å². The summed E-state index contributed by atoms with van der Waals surface area (Å²) in [4.78, 5) is 24.6. The third kappa shape index (κ3) is 2.89. The van der Waals surface area contributed by atoms with Gasteiger partial charge in [-0.25, -0.2) is 4.79 Å². The first-order valence-electron chi connectivity index (χ1n) is 6.51. The Morgan fingerprint density at radius 3 is 2.85 bits per heavy atom. The minimum atomic E-state index is -0.855. The maximum atomic E-state index is 11.9. The number of hydrogen-bond acceptors (Lipinski definition) is 4. The summed E-state index contributed by atoms with van der Waals surface area (Å²) in [5.74, 6) is -0.0611. The van der Waals surface area contributed by atoms with Crippen LogP contribution in [0.1, 0.15) is 19.2 Å². The summed E-state index contributed by atoms with van der Waals surface area (Å²) in [6.45, 7) is 2.84. The molecule has 1 saturated heterocycles. The van der Waals surface area contributed by atoms with E-state index in [2.05, 4.69) is 15.5 Å². The van der Waals surface area contributed by atoms with Gasteiger partial charge in [0.15, 0.2) is 0 Å². The number of carbonyl (C=O) groups excluding carboxylic acids is 1. The molecule has 0 spiro atoms. The van der Waals surface area contributed by atoms with E-state index < -0.39 is 11.4 Å². The number of nitrogens with zero attached hydrogens (tertiary/aromatic N) is 4. The van der Waals surface area contributed by atoms with E-state index in [1.807, 2.05) is 7.05 Å². The summed E-state index contributed by atoms with van der Waals surface area (Å²) in [6, 6.07) is -0.225. The van der Waals surface area contributed by atoms with Gasteiger partial charge in [0.2, 0.25) is 0 Å². The summed E-state index contributed by atoms with van der Waals surface area (Å²) in [6.07, 6.45) is 2.68. The van der Waals surface area contributed by atoms with E-state index >= 15 is 0 Å². The number of rotatable bonds is 4. The second kappa shape index (κ2) is 5.48. The Morgan fingerprint density at radius 2 is 2.30 bits per heavy atom. The largest absolute Gasteiger partial charge is 0.481 e. The zero-order valence-corrected chi connectivity index (χ0v) is 11.7. The highest BCUT2D eigenvalue weighted by atomic mass is 16.4. The first-order chi connectivity index (χ1) is 9.42. The number of carbonyl (C=O) groups is 2. The molecule has 20 heavy (non-hydrogen) atoms. The van der Waals surface area contributed by atoms with Crippen molar-refractivity contribution in [3.63, 3.8) is 0 Å². The normalized spacial score (nSPS) is 22.0. The van der Waals surface area contributed by atoms with Crippen molar-refractivity contribution in [2.24, 2.45) is 12.5 Å². The molecule has 110 valence electrons. The lowest BCUT2D eigenvalue weighted by molar-refractivity contribution is -0.146. The van der Waals surface area contributed by atoms with Crippen LogP contribution in [-0.4, -0.2) is 56.4 Å². The van der Waals surface area contributed by atoms with Crippen molar-refractivity contribution in [3.8, 4) is 0 Å². The predicted octanol–water partition coefficient (Wildman–Crippen LogP) is -0.136. The lowest BCUT2D eigenvalue weighted by atomic mass is 9.90. The molecule has 0 bridgehead atoms. The summed E-state index contributed by atoms with van der Waals surface area (Å²) in [5, 5.41) is 19.6. The van der Waals surface area contributed by atoms with Crippen LogP contribution >= 0.6 is 0 Å². The molecule has 1 aromatic rings. The Labute approximate surface area is 116 Å². The van der Waals surface area contributed by atoms with E-state index in [0.717, 1.165) is 5.82 Å². The van der Waals surface area contributed by atoms with Crippen LogP contribution in [0.15, 0.2) is 6.33 Å². The Balaban J connectivity index is 1.79. The third-order valence-corrected chi connectivity index (χ3v) is 3.71. The zero-order valence-electron chi connectivity index (χ0n) is 11.7. The van der Waals surface area contributed by atoms with Crippen molar-refractivity contribution in [1.29, 1.82) is 0 Å². The number of hydrogen-bond donors (Lipinski definition) is 2. The number of carboxylic acids is 1. The maximum Gasteiger partial charge on any atom is 0.317 e. The van der Waals surface area contributed by atoms with E-state index in [-0.39, 0.29) is 12.6 Å². The van der Waals surface area contributed by atoms with E-state index in [9.17, 15) is 9.59 Å². The van der Waals surface area contributed by atoms with Gasteiger partial charge in [-0.3, -0.25) is 4.79 Å². The van der Waals surface area contributed by atoms with Crippen molar-refractivity contribution in [1.82, 2.24) is 25.0 Å². The molecule has 1 unspecified atom stereocenters. The molecule has 1 aromatic heterocycles. The number of likely N-dealkylation sites (tertiary alicyclic amines) is 1. The molecule has 0 aliphatic carbocycles. The summed E-state index contributed by atoms with van der Waals surface area (Å²) < 4.78 is 1.80. The smallest absolute Gasteiger partial charge is 0.317 e. The Bertz CT molecular complexity index is 515. The number of aryl methyl sites for hydroxylation is 1. The molecule has 2 heterocycles. The predicted molar refractivity (Wildman–Crippen MR) is 70.0 cm³/mol. The molecule has 2 N–H and O–H groups in total. The van der Waals surface area contributed by atoms with Gasteiger partial charge in [-0.1, -0.05) is 0 Å². The fourth-order valence-corrected chi connectivity index (χ4v) is 2.24. The Kier molecular flexibility index (Phi) is 3.91. The molecule has 1 atom stereocenters. The van der Waals surface area contributed by atoms with E-state index in [0.29, 0.717) is 25.9 Å². The number of carboxylic acid groups (broad SMARTS) is 1. The standard InChI is InChI=1S/C12H19N5O3/c1-12(10(18)19)4-6-17(7-12)11(20)13-5-3-9-15-14-8-16(9)2/h8H,3-7H2,1-2H3,(H,13,20)(H,18,19). The SMILES string of the molecule is Cn1cnnc1CCNC(=O)N1CCC(C)(C(=O)O)C1. The third-order valence-electron chi connectivity index (χ3n) is 3.71. The molecule has 0 saturated carbocycles. The van der Waals surface area contributed by atoms with Gasteiger partial charge in [0.1, 0.15) is 12.2 Å². The van der Waals surface area contributed by atoms with E-state index in [4.69, 9.17) is 5.11 Å². The highest BCUT2D eigenvalue weighted by molar-refractivity contribution is 5.79. The van der Waals surface area contributed by atoms with Crippen molar-refractivity contribution < 1.29 is 14.7 Å². The van der Waals surface area contributed by atoms with Gasteiger partial charge in [-0.2, -0.15) is 0 Å². The van der Waals surface area contributed by atoms with Crippen LogP contribution in [0.3, 0.4) is 0 Å². The highest BCUT2D eigenvalue weighted by Gasteiger charge is 2.42. The molecule has 2 rings (SSSR count). The average Bonchev–Trinajstić information content (AvgIpc) is 2.97. The van der Waals surface area contributed by atoms with Crippen LogP contribution in [-0.2, 0) is 18.3 Å². The molecule has 1 aliphatic rings. The summed E-state index contributed by atoms with van der Waals surface area (Å²) in [5.41, 5.74) is -0.832. The average molecular weight is 281 g/mol. The number of nitrogens with one attached hydrogen (secondary N) is 1. The van der Waals surface area contributed by atoms with Crippen LogP contribution in [0, 0.1) is 5.41 Å². The highest BCUT2D eigenvalue weighted by Crippen LogP contribution is 2.29. The molecular formula is C12H19N5O3. The number of aromatic nitrogens is 3.